The van der Waals surface area contributed by atoms with Crippen molar-refractivity contribution >= 4 is 22.8 Å². The van der Waals surface area contributed by atoms with Crippen molar-refractivity contribution in [1.82, 2.24) is 0 Å². The molecule has 0 heterocycles. The van der Waals surface area contributed by atoms with Crippen LogP contribution in [0.5, 0.6) is 5.75 Å². The molecule has 2 aromatic carbocycles. The van der Waals surface area contributed by atoms with E-state index in [1.165, 1.54) is 0 Å². The molecule has 0 spiro atoms. The van der Waals surface area contributed by atoms with Gasteiger partial charge in [0, 0.05) is 11.0 Å². The summed E-state index contributed by atoms with van der Waals surface area (Å²) in [5.74, 6) is 0.541. The van der Waals surface area contributed by atoms with E-state index >= 15 is 0 Å². The van der Waals surface area contributed by atoms with Gasteiger partial charge in [-0.25, -0.2) is 4.79 Å². The summed E-state index contributed by atoms with van der Waals surface area (Å²) in [6.07, 6.45) is 1.85. The van der Waals surface area contributed by atoms with Gasteiger partial charge < -0.3 is 9.47 Å². The van der Waals surface area contributed by atoms with E-state index in [-0.39, 0.29) is 5.97 Å². The second-order valence-corrected chi connectivity index (χ2v) is 4.45. The van der Waals surface area contributed by atoms with Gasteiger partial charge >= 0.3 is 5.97 Å². The van der Waals surface area contributed by atoms with Crippen LogP contribution in [0.25, 0.3) is 16.8 Å². The molecule has 0 atom stereocenters. The van der Waals surface area contributed by atoms with Gasteiger partial charge in [-0.1, -0.05) is 30.3 Å². The second-order valence-electron chi connectivity index (χ2n) is 4.45. The lowest BCUT2D eigenvalue weighted by atomic mass is 10.0. The Morgan fingerprint density at radius 1 is 1.15 bits per heavy atom. The maximum absolute atomic E-state index is 11.7. The fourth-order valence-electron chi connectivity index (χ4n) is 2.14. The number of fused-ring (bicyclic) bond motifs is 1. The summed E-state index contributed by atoms with van der Waals surface area (Å²) in [6.45, 7) is 3.94. The molecule has 3 heteroatoms. The maximum Gasteiger partial charge on any atom is 0.333 e. The maximum atomic E-state index is 11.7. The quantitative estimate of drug-likeness (QED) is 0.626. The summed E-state index contributed by atoms with van der Waals surface area (Å²) in [5, 5.41) is 2.08. The predicted molar refractivity (Wildman–Crippen MR) is 80.8 cm³/mol. The molecule has 0 aliphatic carbocycles. The Balaban J connectivity index is 2.51. The molecule has 0 amide bonds. The number of ether oxygens (including phenoxy) is 2. The molecule has 20 heavy (non-hydrogen) atoms. The number of methoxy groups -OCH3 is 1. The van der Waals surface area contributed by atoms with E-state index < -0.39 is 0 Å². The average Bonchev–Trinajstić information content (AvgIpc) is 2.47. The molecule has 0 fully saturated rings. The molecule has 104 valence electrons. The molecular weight excluding hydrogens is 252 g/mol. The zero-order chi connectivity index (χ0) is 14.5. The Morgan fingerprint density at radius 3 is 2.50 bits per heavy atom. The van der Waals surface area contributed by atoms with Crippen LogP contribution in [0.1, 0.15) is 19.4 Å². The first kappa shape index (κ1) is 14.1. The highest BCUT2D eigenvalue weighted by Crippen LogP contribution is 2.29. The van der Waals surface area contributed by atoms with E-state index in [0.29, 0.717) is 12.2 Å². The van der Waals surface area contributed by atoms with E-state index in [2.05, 4.69) is 0 Å². The van der Waals surface area contributed by atoms with Crippen LogP contribution in [0, 0.1) is 0 Å². The van der Waals surface area contributed by atoms with Crippen LogP contribution in [0.2, 0.25) is 0 Å². The van der Waals surface area contributed by atoms with Gasteiger partial charge in [0.25, 0.3) is 0 Å². The third kappa shape index (κ3) is 2.82. The number of carbonyl (C=O) groups excluding carboxylic acids is 1. The highest BCUT2D eigenvalue weighted by molar-refractivity contribution is 5.99. The summed E-state index contributed by atoms with van der Waals surface area (Å²) in [7, 11) is 1.65. The van der Waals surface area contributed by atoms with Crippen molar-refractivity contribution in [1.29, 1.82) is 0 Å². The molecule has 3 nitrogen and oxygen atoms in total. The van der Waals surface area contributed by atoms with Crippen molar-refractivity contribution in [2.24, 2.45) is 0 Å². The molecule has 2 aromatic rings. The molecular formula is C17H18O3. The van der Waals surface area contributed by atoms with E-state index in [9.17, 15) is 4.79 Å². The van der Waals surface area contributed by atoms with Crippen molar-refractivity contribution in [2.75, 3.05) is 13.7 Å². The molecule has 0 saturated carbocycles. The number of hydrogen-bond acceptors (Lipinski definition) is 3. The fourth-order valence-corrected chi connectivity index (χ4v) is 2.14. The Bertz CT molecular complexity index is 656. The highest BCUT2D eigenvalue weighted by atomic mass is 16.5. The van der Waals surface area contributed by atoms with Crippen LogP contribution >= 0.6 is 0 Å². The van der Waals surface area contributed by atoms with Gasteiger partial charge in [-0.05, 0) is 36.9 Å². The number of rotatable bonds is 4. The molecule has 0 bridgehead atoms. The number of carbonyl (C=O) groups is 1. The molecule has 0 N–H and O–H groups in total. The minimum atomic E-state index is -0.285. The monoisotopic (exact) mass is 270 g/mol. The van der Waals surface area contributed by atoms with Crippen LogP contribution in [-0.4, -0.2) is 19.7 Å². The van der Waals surface area contributed by atoms with Gasteiger partial charge in [0.15, 0.2) is 0 Å². The van der Waals surface area contributed by atoms with Gasteiger partial charge in [-0.15, -0.1) is 0 Å². The zero-order valence-electron chi connectivity index (χ0n) is 12.0. The summed E-state index contributed by atoms with van der Waals surface area (Å²) in [4.78, 5) is 11.7. The van der Waals surface area contributed by atoms with Crippen LogP contribution in [0.3, 0.4) is 0 Å². The lowest BCUT2D eigenvalue weighted by Crippen LogP contribution is -2.04. The smallest absolute Gasteiger partial charge is 0.333 e. The van der Waals surface area contributed by atoms with Gasteiger partial charge in [0.2, 0.25) is 0 Å². The third-order valence-corrected chi connectivity index (χ3v) is 3.11. The molecule has 0 aliphatic heterocycles. The van der Waals surface area contributed by atoms with Crippen LogP contribution in [0.4, 0.5) is 0 Å². The summed E-state index contributed by atoms with van der Waals surface area (Å²) < 4.78 is 10.4. The lowest BCUT2D eigenvalue weighted by Gasteiger charge is -2.09. The molecule has 0 aromatic heterocycles. The van der Waals surface area contributed by atoms with Crippen molar-refractivity contribution in [3.05, 3.63) is 47.5 Å². The van der Waals surface area contributed by atoms with Crippen molar-refractivity contribution in [3.8, 4) is 5.75 Å². The summed E-state index contributed by atoms with van der Waals surface area (Å²) >= 11 is 0. The Kier molecular flexibility index (Phi) is 4.41. The lowest BCUT2D eigenvalue weighted by molar-refractivity contribution is -0.138. The minimum absolute atomic E-state index is 0.285. The van der Waals surface area contributed by atoms with Gasteiger partial charge in [0.1, 0.15) is 5.75 Å². The van der Waals surface area contributed by atoms with Crippen molar-refractivity contribution in [2.45, 2.75) is 13.8 Å². The molecule has 0 unspecified atom stereocenters. The van der Waals surface area contributed by atoms with E-state index in [4.69, 9.17) is 9.47 Å². The fraction of sp³-hybridized carbons (Fsp3) is 0.235. The third-order valence-electron chi connectivity index (χ3n) is 3.11. The predicted octanol–water partition coefficient (Wildman–Crippen LogP) is 3.81. The first-order chi connectivity index (χ1) is 9.67. The topological polar surface area (TPSA) is 35.5 Å². The Hall–Kier alpha value is -2.29. The summed E-state index contributed by atoms with van der Waals surface area (Å²) in [6, 6.07) is 11.8. The minimum Gasteiger partial charge on any atom is -0.496 e. The van der Waals surface area contributed by atoms with E-state index in [1.807, 2.05) is 42.5 Å². The van der Waals surface area contributed by atoms with Gasteiger partial charge in [-0.2, -0.15) is 0 Å². The van der Waals surface area contributed by atoms with Crippen LogP contribution in [-0.2, 0) is 9.53 Å². The normalized spacial score (nSPS) is 11.4. The Labute approximate surface area is 118 Å². The first-order valence-corrected chi connectivity index (χ1v) is 6.58. The standard InChI is InChI=1S/C17H18O3/c1-4-20-17(18)12(2)11-13-9-10-16(19-3)15-8-6-5-7-14(13)15/h5-11H,4H2,1-3H3/b12-11+. The first-order valence-electron chi connectivity index (χ1n) is 6.58. The van der Waals surface area contributed by atoms with Gasteiger partial charge in [0.05, 0.1) is 13.7 Å². The van der Waals surface area contributed by atoms with Crippen LogP contribution < -0.4 is 4.74 Å². The molecule has 0 aliphatic rings. The SMILES string of the molecule is CCOC(=O)/C(C)=C/c1ccc(OC)c2ccccc12. The molecule has 2 rings (SSSR count). The zero-order valence-corrected chi connectivity index (χ0v) is 12.0. The highest BCUT2D eigenvalue weighted by Gasteiger charge is 2.08. The number of hydrogen-bond donors (Lipinski definition) is 0. The van der Waals surface area contributed by atoms with E-state index in [0.717, 1.165) is 22.1 Å². The van der Waals surface area contributed by atoms with Crippen LogP contribution in [0.15, 0.2) is 42.0 Å². The van der Waals surface area contributed by atoms with Gasteiger partial charge in [-0.3, -0.25) is 0 Å². The number of esters is 1. The molecule has 0 radical (unpaired) electrons. The second kappa shape index (κ2) is 6.24. The van der Waals surface area contributed by atoms with Crippen molar-refractivity contribution in [3.63, 3.8) is 0 Å². The van der Waals surface area contributed by atoms with E-state index in [1.54, 1.807) is 21.0 Å². The number of benzene rings is 2. The Morgan fingerprint density at radius 2 is 1.85 bits per heavy atom. The van der Waals surface area contributed by atoms with Crippen molar-refractivity contribution < 1.29 is 14.3 Å². The average molecular weight is 270 g/mol. The molecule has 0 saturated heterocycles. The largest absolute Gasteiger partial charge is 0.496 e. The summed E-state index contributed by atoms with van der Waals surface area (Å²) in [5.41, 5.74) is 1.56.